The van der Waals surface area contributed by atoms with Gasteiger partial charge in [-0.3, -0.25) is 38.7 Å². The van der Waals surface area contributed by atoms with Crippen LogP contribution in [0, 0.1) is 12.3 Å². The largest absolute Gasteiger partial charge is 0.382 e. The molecule has 0 saturated carbocycles. The monoisotopic (exact) mass is 822 g/mol. The van der Waals surface area contributed by atoms with Crippen LogP contribution >= 0.6 is 0 Å². The number of rotatable bonds is 17. The van der Waals surface area contributed by atoms with Crippen LogP contribution in [0.3, 0.4) is 0 Å². The summed E-state index contributed by atoms with van der Waals surface area (Å²) in [6, 6.07) is 9.31. The number of ether oxygens (including phenoxy) is 3. The molecule has 0 unspecified atom stereocenters. The molecule has 3 aromatic rings. The molecule has 0 spiro atoms. The zero-order valence-corrected chi connectivity index (χ0v) is 33.5. The van der Waals surface area contributed by atoms with Gasteiger partial charge in [0.25, 0.3) is 11.8 Å². The number of anilines is 2. The molecule has 6 amide bonds. The minimum absolute atomic E-state index is 0.109. The third-order valence-corrected chi connectivity index (χ3v) is 10.7. The standard InChI is InChI=1S/C43H50N8O9/c1-3-9-34(42(56)49-18-7-14-35(49)40(54)47-32-13-6-17-45-27-32)48-38(52)29-10-4-12-31(24-29)46-39(53)36-15-8-19-50(36)43(57)37-25-33(60-23-22-59-21-20-58-2)28-51(37)41(55)30-11-5-16-44-26-30/h1,4-6,10-13,16-17,24,26-27,33-37H,7-9,14-15,18-23,25,28H2,2H3,(H,46,53)(H,47,54)(H,48,52)/t33-,34+,35+,36+,37+/m1/s1. The van der Waals surface area contributed by atoms with Gasteiger partial charge in [0.05, 0.1) is 50.0 Å². The third kappa shape index (κ3) is 10.9. The van der Waals surface area contributed by atoms with Crippen molar-refractivity contribution in [2.75, 3.05) is 63.8 Å². The summed E-state index contributed by atoms with van der Waals surface area (Å²) in [5.74, 6) is -0.172. The fourth-order valence-electron chi connectivity index (χ4n) is 7.73. The number of hydrogen-bond donors (Lipinski definition) is 3. The number of terminal acetylenes is 1. The van der Waals surface area contributed by atoms with Crippen LogP contribution < -0.4 is 16.0 Å². The summed E-state index contributed by atoms with van der Waals surface area (Å²) in [6.45, 7) is 2.27. The van der Waals surface area contributed by atoms with Gasteiger partial charge in [0.15, 0.2) is 0 Å². The molecule has 3 aliphatic rings. The topological polar surface area (TPSA) is 202 Å². The van der Waals surface area contributed by atoms with Crippen LogP contribution in [0.4, 0.5) is 11.4 Å². The van der Waals surface area contributed by atoms with Gasteiger partial charge in [-0.05, 0) is 68.1 Å². The lowest BCUT2D eigenvalue weighted by Gasteiger charge is -2.30. The van der Waals surface area contributed by atoms with Crippen LogP contribution in [0.1, 0.15) is 59.2 Å². The minimum atomic E-state index is -1.11. The van der Waals surface area contributed by atoms with Crippen molar-refractivity contribution in [2.45, 2.75) is 68.8 Å². The summed E-state index contributed by atoms with van der Waals surface area (Å²) in [7, 11) is 1.59. The number of nitrogens with zero attached hydrogens (tertiary/aromatic N) is 5. The Hall–Kier alpha value is -6.22. The number of likely N-dealkylation sites (tertiary alicyclic amines) is 3. The highest BCUT2D eigenvalue weighted by atomic mass is 16.5. The zero-order chi connectivity index (χ0) is 42.4. The van der Waals surface area contributed by atoms with Crippen molar-refractivity contribution in [1.82, 2.24) is 30.0 Å². The molecular weight excluding hydrogens is 773 g/mol. The van der Waals surface area contributed by atoms with Gasteiger partial charge in [0.2, 0.25) is 23.6 Å². The number of amides is 6. The average Bonchev–Trinajstić information content (AvgIpc) is 4.06. The Morgan fingerprint density at radius 3 is 2.17 bits per heavy atom. The van der Waals surface area contributed by atoms with Crippen molar-refractivity contribution < 1.29 is 43.0 Å². The van der Waals surface area contributed by atoms with Crippen LogP contribution in [-0.2, 0) is 33.4 Å². The van der Waals surface area contributed by atoms with Gasteiger partial charge in [-0.2, -0.15) is 0 Å². The lowest BCUT2D eigenvalue weighted by molar-refractivity contribution is -0.140. The van der Waals surface area contributed by atoms with E-state index in [4.69, 9.17) is 20.6 Å². The van der Waals surface area contributed by atoms with Crippen LogP contribution in [0.5, 0.6) is 0 Å². The summed E-state index contributed by atoms with van der Waals surface area (Å²) >= 11 is 0. The van der Waals surface area contributed by atoms with Gasteiger partial charge in [-0.1, -0.05) is 6.07 Å². The van der Waals surface area contributed by atoms with E-state index in [-0.39, 0.29) is 49.3 Å². The number of hydrogen-bond acceptors (Lipinski definition) is 11. The Bertz CT molecular complexity index is 2030. The van der Waals surface area contributed by atoms with Gasteiger partial charge in [0.1, 0.15) is 24.2 Å². The fourth-order valence-corrected chi connectivity index (χ4v) is 7.73. The maximum absolute atomic E-state index is 14.3. The molecule has 0 radical (unpaired) electrons. The second-order valence-corrected chi connectivity index (χ2v) is 14.7. The van der Waals surface area contributed by atoms with E-state index in [9.17, 15) is 28.8 Å². The van der Waals surface area contributed by atoms with E-state index in [1.165, 1.54) is 39.2 Å². The van der Waals surface area contributed by atoms with E-state index >= 15 is 0 Å². The highest BCUT2D eigenvalue weighted by molar-refractivity contribution is 6.03. The Balaban J connectivity index is 1.08. The van der Waals surface area contributed by atoms with E-state index in [2.05, 4.69) is 31.8 Å². The number of pyridine rings is 2. The van der Waals surface area contributed by atoms with Crippen LogP contribution in [0.15, 0.2) is 73.3 Å². The van der Waals surface area contributed by atoms with E-state index < -0.39 is 48.0 Å². The van der Waals surface area contributed by atoms with Gasteiger partial charge >= 0.3 is 0 Å². The SMILES string of the molecule is C#CC[C@H](NC(=O)c1cccc(NC(=O)[C@@H]2CCCN2C(=O)[C@@H]2C[C@@H](OCCOCCOC)CN2C(=O)c2cccnc2)c1)C(=O)N1CCC[C@H]1C(=O)Nc1cccnc1. The van der Waals surface area contributed by atoms with Crippen molar-refractivity contribution in [2.24, 2.45) is 0 Å². The first-order valence-electron chi connectivity index (χ1n) is 20.0. The Morgan fingerprint density at radius 2 is 1.47 bits per heavy atom. The molecule has 0 bridgehead atoms. The van der Waals surface area contributed by atoms with Crippen molar-refractivity contribution in [3.8, 4) is 12.3 Å². The minimum Gasteiger partial charge on any atom is -0.382 e. The van der Waals surface area contributed by atoms with Crippen LogP contribution in [0.2, 0.25) is 0 Å². The number of nitrogens with one attached hydrogen (secondary N) is 3. The lowest BCUT2D eigenvalue weighted by atomic mass is 10.1. The van der Waals surface area contributed by atoms with E-state index in [1.807, 2.05) is 0 Å². The molecule has 1 aromatic carbocycles. The molecule has 6 rings (SSSR count). The smallest absolute Gasteiger partial charge is 0.256 e. The molecule has 17 heteroatoms. The maximum atomic E-state index is 14.3. The van der Waals surface area contributed by atoms with Gasteiger partial charge in [0, 0.05) is 69.4 Å². The fraction of sp³-hybridized carbons (Fsp3) is 0.442. The van der Waals surface area contributed by atoms with Crippen molar-refractivity contribution in [3.63, 3.8) is 0 Å². The number of carbonyl (C=O) groups excluding carboxylic acids is 6. The van der Waals surface area contributed by atoms with Gasteiger partial charge in [-0.15, -0.1) is 12.3 Å². The predicted molar refractivity (Wildman–Crippen MR) is 218 cm³/mol. The number of carbonyl (C=O) groups is 6. The maximum Gasteiger partial charge on any atom is 0.256 e. The zero-order valence-electron chi connectivity index (χ0n) is 33.5. The normalized spacial score (nSPS) is 20.3. The van der Waals surface area contributed by atoms with Crippen LogP contribution in [-0.4, -0.2) is 144 Å². The summed E-state index contributed by atoms with van der Waals surface area (Å²) in [4.78, 5) is 94.7. The molecule has 5 atom stereocenters. The average molecular weight is 823 g/mol. The number of benzene rings is 1. The van der Waals surface area contributed by atoms with E-state index in [0.29, 0.717) is 75.5 Å². The van der Waals surface area contributed by atoms with Gasteiger partial charge in [-0.25, -0.2) is 0 Å². The molecule has 2 aromatic heterocycles. The molecule has 316 valence electrons. The highest BCUT2D eigenvalue weighted by Crippen LogP contribution is 2.29. The first kappa shape index (κ1) is 43.4. The second-order valence-electron chi connectivity index (χ2n) is 14.7. The molecule has 5 heterocycles. The quantitative estimate of drug-likeness (QED) is 0.133. The van der Waals surface area contributed by atoms with E-state index in [0.717, 1.165) is 0 Å². The molecule has 60 heavy (non-hydrogen) atoms. The third-order valence-electron chi connectivity index (χ3n) is 10.7. The number of aromatic nitrogens is 2. The Labute approximate surface area is 348 Å². The van der Waals surface area contributed by atoms with E-state index in [1.54, 1.807) is 55.9 Å². The first-order chi connectivity index (χ1) is 29.2. The first-order valence-corrected chi connectivity index (χ1v) is 20.0. The number of methoxy groups -OCH3 is 1. The van der Waals surface area contributed by atoms with Crippen molar-refractivity contribution in [1.29, 1.82) is 0 Å². The van der Waals surface area contributed by atoms with Crippen molar-refractivity contribution >= 4 is 46.8 Å². The van der Waals surface area contributed by atoms with Crippen molar-refractivity contribution in [3.05, 3.63) is 84.4 Å². The summed E-state index contributed by atoms with van der Waals surface area (Å²) in [5, 5.41) is 8.36. The molecule has 3 saturated heterocycles. The molecule has 0 aliphatic carbocycles. The summed E-state index contributed by atoms with van der Waals surface area (Å²) < 4.78 is 16.5. The Kier molecular flexibility index (Phi) is 15.3. The lowest BCUT2D eigenvalue weighted by Crippen LogP contribution is -2.52. The molecule has 3 N–H and O–H groups in total. The second kappa shape index (κ2) is 21.2. The Morgan fingerprint density at radius 1 is 0.800 bits per heavy atom. The van der Waals surface area contributed by atoms with Gasteiger partial charge < -0.3 is 44.9 Å². The summed E-state index contributed by atoms with van der Waals surface area (Å²) in [5.41, 5.74) is 1.28. The molecule has 3 fully saturated rings. The highest BCUT2D eigenvalue weighted by Gasteiger charge is 2.46. The van der Waals surface area contributed by atoms with Crippen LogP contribution in [0.25, 0.3) is 0 Å². The summed E-state index contributed by atoms with van der Waals surface area (Å²) in [6.07, 6.45) is 13.4. The molecule has 3 aliphatic heterocycles. The predicted octanol–water partition coefficient (Wildman–Crippen LogP) is 2.12. The molecule has 17 nitrogen and oxygen atoms in total. The molecular formula is C43H50N8O9.